The topological polar surface area (TPSA) is 98.2 Å². The first-order valence-corrected chi connectivity index (χ1v) is 12.2. The van der Waals surface area contributed by atoms with Gasteiger partial charge in [0, 0.05) is 50.7 Å². The molecule has 32 heavy (non-hydrogen) atoms. The predicted octanol–water partition coefficient (Wildman–Crippen LogP) is 1.78. The minimum absolute atomic E-state index is 0.0403. The van der Waals surface area contributed by atoms with Gasteiger partial charge in [-0.3, -0.25) is 9.59 Å². The van der Waals surface area contributed by atoms with Crippen molar-refractivity contribution in [2.45, 2.75) is 17.7 Å². The first-order chi connectivity index (χ1) is 15.4. The third-order valence-electron chi connectivity index (χ3n) is 6.18. The highest BCUT2D eigenvalue weighted by Crippen LogP contribution is 2.25. The fourth-order valence-corrected chi connectivity index (χ4v) is 5.75. The Balaban J connectivity index is 1.29. The van der Waals surface area contributed by atoms with Crippen LogP contribution in [0.15, 0.2) is 59.5 Å². The average molecular weight is 458 g/mol. The van der Waals surface area contributed by atoms with Gasteiger partial charge < -0.3 is 14.9 Å². The van der Waals surface area contributed by atoms with E-state index in [9.17, 15) is 23.1 Å². The Labute approximate surface area is 188 Å². The van der Waals surface area contributed by atoms with Crippen molar-refractivity contribution in [3.8, 4) is 5.75 Å². The summed E-state index contributed by atoms with van der Waals surface area (Å²) in [7, 11) is -3.53. The summed E-state index contributed by atoms with van der Waals surface area (Å²) in [5.74, 6) is -0.161. The molecule has 4 rings (SSSR count). The SMILES string of the molecule is O=C(c1ccc(O)cc1)N1CCN(C(=O)C2CCN(S(=O)(=O)c3ccccc3)CC2)CC1. The summed E-state index contributed by atoms with van der Waals surface area (Å²) in [6.07, 6.45) is 0.995. The van der Waals surface area contributed by atoms with Gasteiger partial charge in [-0.05, 0) is 49.2 Å². The number of rotatable bonds is 4. The van der Waals surface area contributed by atoms with Gasteiger partial charge in [0.05, 0.1) is 4.90 Å². The van der Waals surface area contributed by atoms with Gasteiger partial charge in [-0.1, -0.05) is 18.2 Å². The molecule has 0 aromatic heterocycles. The molecule has 2 aromatic carbocycles. The van der Waals surface area contributed by atoms with Crippen molar-refractivity contribution in [1.82, 2.24) is 14.1 Å². The fraction of sp³-hybridized carbons (Fsp3) is 0.391. The molecule has 1 N–H and O–H groups in total. The van der Waals surface area contributed by atoms with Crippen molar-refractivity contribution in [3.63, 3.8) is 0 Å². The van der Waals surface area contributed by atoms with E-state index in [2.05, 4.69) is 0 Å². The maximum atomic E-state index is 13.0. The Hall–Kier alpha value is -2.91. The van der Waals surface area contributed by atoms with Crippen molar-refractivity contribution in [3.05, 3.63) is 60.2 Å². The number of benzene rings is 2. The lowest BCUT2D eigenvalue weighted by molar-refractivity contribution is -0.138. The summed E-state index contributed by atoms with van der Waals surface area (Å²) in [5, 5.41) is 9.38. The Morgan fingerprint density at radius 2 is 1.34 bits per heavy atom. The van der Waals surface area contributed by atoms with Gasteiger partial charge in [0.2, 0.25) is 15.9 Å². The Morgan fingerprint density at radius 1 is 0.781 bits per heavy atom. The molecule has 0 radical (unpaired) electrons. The smallest absolute Gasteiger partial charge is 0.253 e. The number of carbonyl (C=O) groups excluding carboxylic acids is 2. The van der Waals surface area contributed by atoms with Gasteiger partial charge in [0.1, 0.15) is 5.75 Å². The number of carbonyl (C=O) groups is 2. The number of aromatic hydroxyl groups is 1. The highest BCUT2D eigenvalue weighted by atomic mass is 32.2. The summed E-state index contributed by atoms with van der Waals surface area (Å²) in [5.41, 5.74) is 0.509. The van der Waals surface area contributed by atoms with E-state index in [1.807, 2.05) is 0 Å². The van der Waals surface area contributed by atoms with Gasteiger partial charge in [0.15, 0.2) is 0 Å². The zero-order valence-electron chi connectivity index (χ0n) is 17.8. The van der Waals surface area contributed by atoms with E-state index in [1.54, 1.807) is 52.3 Å². The zero-order chi connectivity index (χ0) is 22.7. The predicted molar refractivity (Wildman–Crippen MR) is 119 cm³/mol. The lowest BCUT2D eigenvalue weighted by Gasteiger charge is -2.38. The zero-order valence-corrected chi connectivity index (χ0v) is 18.6. The van der Waals surface area contributed by atoms with Crippen LogP contribution in [-0.4, -0.2) is 78.7 Å². The molecule has 2 saturated heterocycles. The van der Waals surface area contributed by atoms with Crippen LogP contribution in [-0.2, 0) is 14.8 Å². The van der Waals surface area contributed by atoms with Crippen molar-refractivity contribution in [2.75, 3.05) is 39.3 Å². The molecule has 2 amide bonds. The third kappa shape index (κ3) is 4.63. The monoisotopic (exact) mass is 457 g/mol. The highest BCUT2D eigenvalue weighted by molar-refractivity contribution is 7.89. The average Bonchev–Trinajstić information content (AvgIpc) is 2.84. The lowest BCUT2D eigenvalue weighted by atomic mass is 9.96. The first kappa shape index (κ1) is 22.3. The second kappa shape index (κ2) is 9.30. The van der Waals surface area contributed by atoms with Gasteiger partial charge in [-0.25, -0.2) is 8.42 Å². The molecular formula is C23H27N3O5S. The summed E-state index contributed by atoms with van der Waals surface area (Å²) in [4.78, 5) is 29.4. The van der Waals surface area contributed by atoms with Crippen LogP contribution >= 0.6 is 0 Å². The van der Waals surface area contributed by atoms with Crippen LogP contribution in [0.1, 0.15) is 23.2 Å². The molecule has 0 aliphatic carbocycles. The molecule has 0 atom stereocenters. The largest absolute Gasteiger partial charge is 0.508 e. The normalized spacial score (nSPS) is 18.5. The van der Waals surface area contributed by atoms with Gasteiger partial charge in [0.25, 0.3) is 5.91 Å². The van der Waals surface area contributed by atoms with E-state index in [1.165, 1.54) is 16.4 Å². The molecule has 2 heterocycles. The number of amides is 2. The molecular weight excluding hydrogens is 430 g/mol. The number of nitrogens with zero attached hydrogens (tertiary/aromatic N) is 3. The molecule has 0 spiro atoms. The van der Waals surface area contributed by atoms with Gasteiger partial charge in [-0.2, -0.15) is 4.31 Å². The first-order valence-electron chi connectivity index (χ1n) is 10.8. The Kier molecular flexibility index (Phi) is 6.48. The molecule has 0 bridgehead atoms. The van der Waals surface area contributed by atoms with Crippen LogP contribution in [0.5, 0.6) is 5.75 Å². The van der Waals surface area contributed by atoms with E-state index < -0.39 is 10.0 Å². The van der Waals surface area contributed by atoms with Crippen LogP contribution in [0.2, 0.25) is 0 Å². The summed E-state index contributed by atoms with van der Waals surface area (Å²) in [6, 6.07) is 14.5. The van der Waals surface area contributed by atoms with Crippen LogP contribution in [0.25, 0.3) is 0 Å². The third-order valence-corrected chi connectivity index (χ3v) is 8.09. The number of piperazine rings is 1. The molecule has 170 valence electrons. The number of phenols is 1. The summed E-state index contributed by atoms with van der Waals surface area (Å²) >= 11 is 0. The van der Waals surface area contributed by atoms with E-state index in [0.29, 0.717) is 57.7 Å². The molecule has 8 nitrogen and oxygen atoms in total. The minimum Gasteiger partial charge on any atom is -0.508 e. The Morgan fingerprint density at radius 3 is 1.94 bits per heavy atom. The number of phenolic OH excluding ortho intramolecular Hbond substituents is 1. The van der Waals surface area contributed by atoms with E-state index in [4.69, 9.17) is 0 Å². The van der Waals surface area contributed by atoms with Crippen LogP contribution < -0.4 is 0 Å². The number of piperidine rings is 1. The molecule has 2 aliphatic heterocycles. The molecule has 0 unspecified atom stereocenters. The molecule has 9 heteroatoms. The van der Waals surface area contributed by atoms with Gasteiger partial charge >= 0.3 is 0 Å². The van der Waals surface area contributed by atoms with Crippen molar-refractivity contribution < 1.29 is 23.1 Å². The molecule has 2 aliphatic rings. The van der Waals surface area contributed by atoms with Gasteiger partial charge in [-0.15, -0.1) is 0 Å². The van der Waals surface area contributed by atoms with E-state index >= 15 is 0 Å². The fourth-order valence-electron chi connectivity index (χ4n) is 4.26. The maximum absolute atomic E-state index is 13.0. The van der Waals surface area contributed by atoms with E-state index in [0.717, 1.165) is 0 Å². The van der Waals surface area contributed by atoms with Crippen LogP contribution in [0.4, 0.5) is 0 Å². The second-order valence-corrected chi connectivity index (χ2v) is 10.1. The highest BCUT2D eigenvalue weighted by Gasteiger charge is 2.35. The standard InChI is InChI=1S/C23H27N3O5S/c27-20-8-6-18(7-9-20)22(28)24-14-16-25(17-15-24)23(29)19-10-12-26(13-11-19)32(30,31)21-4-2-1-3-5-21/h1-9,19,27H,10-17H2. The lowest BCUT2D eigenvalue weighted by Crippen LogP contribution is -2.53. The number of hydrogen-bond donors (Lipinski definition) is 1. The van der Waals surface area contributed by atoms with Crippen molar-refractivity contribution in [2.24, 2.45) is 5.92 Å². The summed E-state index contributed by atoms with van der Waals surface area (Å²) < 4.78 is 27.0. The second-order valence-electron chi connectivity index (χ2n) is 8.16. The van der Waals surface area contributed by atoms with Crippen molar-refractivity contribution >= 4 is 21.8 Å². The van der Waals surface area contributed by atoms with Crippen LogP contribution in [0.3, 0.4) is 0 Å². The minimum atomic E-state index is -3.53. The number of sulfonamides is 1. The summed E-state index contributed by atoms with van der Waals surface area (Å²) in [6.45, 7) is 2.48. The quantitative estimate of drug-likeness (QED) is 0.755. The Bertz CT molecular complexity index is 1060. The van der Waals surface area contributed by atoms with Crippen molar-refractivity contribution in [1.29, 1.82) is 0 Å². The van der Waals surface area contributed by atoms with Crippen LogP contribution in [0, 0.1) is 5.92 Å². The number of hydrogen-bond acceptors (Lipinski definition) is 5. The molecule has 2 aromatic rings. The van der Waals surface area contributed by atoms with E-state index in [-0.39, 0.29) is 28.4 Å². The molecule has 0 saturated carbocycles. The maximum Gasteiger partial charge on any atom is 0.253 e. The molecule has 2 fully saturated rings.